The molecular formula is C19H22N4O3S2. The van der Waals surface area contributed by atoms with Gasteiger partial charge < -0.3 is 10.3 Å². The lowest BCUT2D eigenvalue weighted by Crippen LogP contribution is -2.36. The third kappa shape index (κ3) is 3.57. The number of nitrogens with zero attached hydrogens (tertiary/aromatic N) is 2. The van der Waals surface area contributed by atoms with Crippen molar-refractivity contribution in [2.24, 2.45) is 0 Å². The van der Waals surface area contributed by atoms with Gasteiger partial charge in [0.05, 0.1) is 17.1 Å². The number of amides is 1. The molecule has 1 saturated heterocycles. The van der Waals surface area contributed by atoms with Gasteiger partial charge in [-0.1, -0.05) is 18.6 Å². The summed E-state index contributed by atoms with van der Waals surface area (Å²) in [7, 11) is -3.66. The highest BCUT2D eigenvalue weighted by molar-refractivity contribution is 7.89. The van der Waals surface area contributed by atoms with E-state index in [-0.39, 0.29) is 15.8 Å². The van der Waals surface area contributed by atoms with Crippen LogP contribution in [0.3, 0.4) is 0 Å². The lowest BCUT2D eigenvalue weighted by atomic mass is 10.2. The van der Waals surface area contributed by atoms with E-state index in [0.29, 0.717) is 18.9 Å². The summed E-state index contributed by atoms with van der Waals surface area (Å²) >= 11 is 1.14. The molecule has 1 aromatic carbocycles. The molecule has 1 aliphatic rings. The number of rotatable bonds is 5. The predicted molar refractivity (Wildman–Crippen MR) is 109 cm³/mol. The van der Waals surface area contributed by atoms with Gasteiger partial charge in [-0.2, -0.15) is 4.31 Å². The molecular weight excluding hydrogens is 396 g/mol. The SMILES string of the molecule is CC(NC(=O)c1sccc1S(=O)(=O)N1CCCCC1)c1nc2ccccc2[nH]1. The van der Waals surface area contributed by atoms with E-state index < -0.39 is 15.9 Å². The van der Waals surface area contributed by atoms with Gasteiger partial charge in [-0.05, 0) is 43.3 Å². The first kappa shape index (κ1) is 19.1. The van der Waals surface area contributed by atoms with Gasteiger partial charge in [-0.3, -0.25) is 4.79 Å². The Morgan fingerprint density at radius 3 is 2.71 bits per heavy atom. The summed E-state index contributed by atoms with van der Waals surface area (Å²) in [5.41, 5.74) is 1.71. The predicted octanol–water partition coefficient (Wildman–Crippen LogP) is 3.29. The van der Waals surface area contributed by atoms with Crippen molar-refractivity contribution in [2.75, 3.05) is 13.1 Å². The summed E-state index contributed by atoms with van der Waals surface area (Å²) in [5, 5.41) is 4.52. The van der Waals surface area contributed by atoms with E-state index in [4.69, 9.17) is 0 Å². The van der Waals surface area contributed by atoms with Crippen LogP contribution in [0, 0.1) is 0 Å². The van der Waals surface area contributed by atoms with Crippen LogP contribution in [-0.4, -0.2) is 41.7 Å². The largest absolute Gasteiger partial charge is 0.342 e. The Morgan fingerprint density at radius 1 is 1.21 bits per heavy atom. The zero-order valence-electron chi connectivity index (χ0n) is 15.5. The van der Waals surface area contributed by atoms with Gasteiger partial charge in [0, 0.05) is 13.1 Å². The second-order valence-electron chi connectivity index (χ2n) is 6.91. The number of aromatic amines is 1. The lowest BCUT2D eigenvalue weighted by Gasteiger charge is -2.25. The standard InChI is InChI=1S/C19H22N4O3S2/c1-13(18-21-14-7-3-4-8-15(14)22-18)20-19(24)17-16(9-12-27-17)28(25,26)23-10-5-2-6-11-23/h3-4,7-9,12-13H,2,5-6,10-11H2,1H3,(H,20,24)(H,21,22). The number of para-hydroxylation sites is 2. The number of fused-ring (bicyclic) bond motifs is 1. The molecule has 148 valence electrons. The van der Waals surface area contributed by atoms with Gasteiger partial charge in [0.25, 0.3) is 5.91 Å². The fourth-order valence-corrected chi connectivity index (χ4v) is 6.24. The number of piperidine rings is 1. The molecule has 1 aliphatic heterocycles. The summed E-state index contributed by atoms with van der Waals surface area (Å²) < 4.78 is 27.4. The molecule has 1 amide bonds. The molecule has 0 spiro atoms. The molecule has 3 aromatic rings. The van der Waals surface area contributed by atoms with E-state index >= 15 is 0 Å². The Kier molecular flexibility index (Phi) is 5.22. The van der Waals surface area contributed by atoms with E-state index in [1.165, 1.54) is 10.4 Å². The highest BCUT2D eigenvalue weighted by atomic mass is 32.2. The molecule has 1 atom stereocenters. The Morgan fingerprint density at radius 2 is 1.96 bits per heavy atom. The molecule has 1 fully saturated rings. The minimum atomic E-state index is -3.66. The average molecular weight is 419 g/mol. The molecule has 28 heavy (non-hydrogen) atoms. The van der Waals surface area contributed by atoms with Crippen LogP contribution in [0.4, 0.5) is 0 Å². The Balaban J connectivity index is 1.55. The van der Waals surface area contributed by atoms with Crippen LogP contribution >= 0.6 is 11.3 Å². The molecule has 0 bridgehead atoms. The number of thiophene rings is 1. The van der Waals surface area contributed by atoms with Crippen molar-refractivity contribution in [3.8, 4) is 0 Å². The van der Waals surface area contributed by atoms with E-state index in [1.54, 1.807) is 5.38 Å². The van der Waals surface area contributed by atoms with Gasteiger partial charge in [0.2, 0.25) is 10.0 Å². The highest BCUT2D eigenvalue weighted by Crippen LogP contribution is 2.28. The quantitative estimate of drug-likeness (QED) is 0.665. The minimum Gasteiger partial charge on any atom is -0.342 e. The third-order valence-electron chi connectivity index (χ3n) is 4.93. The molecule has 4 rings (SSSR count). The van der Waals surface area contributed by atoms with Crippen molar-refractivity contribution in [3.05, 3.63) is 46.4 Å². The number of hydrogen-bond donors (Lipinski definition) is 2. The zero-order chi connectivity index (χ0) is 19.7. The summed E-state index contributed by atoms with van der Waals surface area (Å²) in [6.45, 7) is 2.84. The summed E-state index contributed by atoms with van der Waals surface area (Å²) in [6.07, 6.45) is 2.75. The maximum Gasteiger partial charge on any atom is 0.263 e. The summed E-state index contributed by atoms with van der Waals surface area (Å²) in [6, 6.07) is 8.77. The van der Waals surface area contributed by atoms with Gasteiger partial charge in [-0.15, -0.1) is 11.3 Å². The van der Waals surface area contributed by atoms with E-state index in [9.17, 15) is 13.2 Å². The van der Waals surface area contributed by atoms with Crippen molar-refractivity contribution < 1.29 is 13.2 Å². The third-order valence-corrected chi connectivity index (χ3v) is 7.92. The molecule has 0 radical (unpaired) electrons. The topological polar surface area (TPSA) is 95.2 Å². The number of nitrogens with one attached hydrogen (secondary N) is 2. The molecule has 3 heterocycles. The molecule has 1 unspecified atom stereocenters. The summed E-state index contributed by atoms with van der Waals surface area (Å²) in [4.78, 5) is 20.8. The van der Waals surface area contributed by atoms with Gasteiger partial charge in [0.1, 0.15) is 15.6 Å². The molecule has 2 N–H and O–H groups in total. The molecule has 7 nitrogen and oxygen atoms in total. The van der Waals surface area contributed by atoms with E-state index in [1.807, 2.05) is 31.2 Å². The van der Waals surface area contributed by atoms with Crippen LogP contribution in [0.25, 0.3) is 11.0 Å². The first-order chi connectivity index (χ1) is 13.5. The zero-order valence-corrected chi connectivity index (χ0v) is 17.1. The smallest absolute Gasteiger partial charge is 0.263 e. The number of carbonyl (C=O) groups is 1. The van der Waals surface area contributed by atoms with Crippen molar-refractivity contribution in [1.82, 2.24) is 19.6 Å². The van der Waals surface area contributed by atoms with Crippen LogP contribution in [0.2, 0.25) is 0 Å². The van der Waals surface area contributed by atoms with Gasteiger partial charge in [0.15, 0.2) is 0 Å². The normalized spacial score (nSPS) is 16.9. The van der Waals surface area contributed by atoms with Crippen molar-refractivity contribution in [3.63, 3.8) is 0 Å². The number of hydrogen-bond acceptors (Lipinski definition) is 5. The van der Waals surface area contributed by atoms with Crippen LogP contribution in [-0.2, 0) is 10.0 Å². The number of carbonyl (C=O) groups excluding carboxylic acids is 1. The monoisotopic (exact) mass is 418 g/mol. The minimum absolute atomic E-state index is 0.0914. The van der Waals surface area contributed by atoms with E-state index in [0.717, 1.165) is 41.6 Å². The number of benzene rings is 1. The maximum absolute atomic E-state index is 13.0. The lowest BCUT2D eigenvalue weighted by molar-refractivity contribution is 0.0939. The number of sulfonamides is 1. The second kappa shape index (κ2) is 7.65. The fourth-order valence-electron chi connectivity index (χ4n) is 3.42. The Labute approximate surface area is 167 Å². The van der Waals surface area contributed by atoms with E-state index in [2.05, 4.69) is 15.3 Å². The summed E-state index contributed by atoms with van der Waals surface area (Å²) in [5.74, 6) is 0.227. The second-order valence-corrected chi connectivity index (χ2v) is 9.74. The Bertz CT molecular complexity index is 1060. The number of imidazole rings is 1. The number of H-pyrrole nitrogens is 1. The molecule has 2 aromatic heterocycles. The van der Waals surface area contributed by atoms with Crippen LogP contribution in [0.5, 0.6) is 0 Å². The molecule has 0 aliphatic carbocycles. The highest BCUT2D eigenvalue weighted by Gasteiger charge is 2.31. The molecule has 9 heteroatoms. The van der Waals surface area contributed by atoms with Crippen molar-refractivity contribution in [2.45, 2.75) is 37.1 Å². The van der Waals surface area contributed by atoms with Gasteiger partial charge >= 0.3 is 0 Å². The van der Waals surface area contributed by atoms with Crippen LogP contribution < -0.4 is 5.32 Å². The first-order valence-electron chi connectivity index (χ1n) is 9.30. The first-order valence-corrected chi connectivity index (χ1v) is 11.6. The van der Waals surface area contributed by atoms with Crippen LogP contribution in [0.1, 0.15) is 47.7 Å². The van der Waals surface area contributed by atoms with Gasteiger partial charge in [-0.25, -0.2) is 13.4 Å². The Hall–Kier alpha value is -2.23. The molecule has 0 saturated carbocycles. The van der Waals surface area contributed by atoms with Crippen molar-refractivity contribution in [1.29, 1.82) is 0 Å². The maximum atomic E-state index is 13.0. The van der Waals surface area contributed by atoms with Crippen LogP contribution in [0.15, 0.2) is 40.6 Å². The number of aromatic nitrogens is 2. The fraction of sp³-hybridized carbons (Fsp3) is 0.368. The average Bonchev–Trinajstić information content (AvgIpc) is 3.36. The van der Waals surface area contributed by atoms with Crippen molar-refractivity contribution >= 4 is 38.3 Å².